The van der Waals surface area contributed by atoms with Crippen LogP contribution in [-0.4, -0.2) is 62.3 Å². The molecule has 2 aliphatic heterocycles. The van der Waals surface area contributed by atoms with Crippen molar-refractivity contribution in [2.75, 3.05) is 32.1 Å². The van der Waals surface area contributed by atoms with Gasteiger partial charge in [-0.1, -0.05) is 41.9 Å². The molecule has 1 aliphatic carbocycles. The molecule has 2 atom stereocenters. The summed E-state index contributed by atoms with van der Waals surface area (Å²) in [6.07, 6.45) is 5.28. The van der Waals surface area contributed by atoms with E-state index in [2.05, 4.69) is 31.9 Å². The largest absolute Gasteiger partial charge is 0.481 e. The first-order valence-corrected chi connectivity index (χ1v) is 17.6. The van der Waals surface area contributed by atoms with E-state index in [1.807, 2.05) is 43.3 Å². The number of carbonyl (C=O) groups excluding carboxylic acids is 1. The third-order valence-corrected chi connectivity index (χ3v) is 11.4. The molecule has 51 heavy (non-hydrogen) atoms. The lowest BCUT2D eigenvalue weighted by Gasteiger charge is -2.36. The lowest BCUT2D eigenvalue weighted by Crippen LogP contribution is -2.59. The number of hydrogen-bond acceptors (Lipinski definition) is 8. The maximum atomic E-state index is 13.2. The van der Waals surface area contributed by atoms with Gasteiger partial charge in [0.25, 0.3) is 5.56 Å². The minimum absolute atomic E-state index is 0.0841. The number of anilines is 2. The van der Waals surface area contributed by atoms with Crippen LogP contribution in [-0.2, 0) is 20.5 Å². The summed E-state index contributed by atoms with van der Waals surface area (Å²) in [5, 5.41) is 10.3. The van der Waals surface area contributed by atoms with Crippen LogP contribution in [0.1, 0.15) is 42.0 Å². The van der Waals surface area contributed by atoms with Crippen molar-refractivity contribution in [3.8, 4) is 28.3 Å². The maximum absolute atomic E-state index is 13.2. The molecule has 13 heteroatoms. The van der Waals surface area contributed by atoms with Gasteiger partial charge in [-0.25, -0.2) is 19.6 Å². The number of halogens is 1. The van der Waals surface area contributed by atoms with Crippen LogP contribution in [0.4, 0.5) is 16.3 Å². The zero-order valence-corrected chi connectivity index (χ0v) is 29.7. The van der Waals surface area contributed by atoms with Crippen molar-refractivity contribution in [3.63, 3.8) is 0 Å². The molecule has 2 fully saturated rings. The second-order valence-corrected chi connectivity index (χ2v) is 14.2. The number of urea groups is 1. The molecule has 2 aromatic carbocycles. The summed E-state index contributed by atoms with van der Waals surface area (Å²) in [6, 6.07) is 15.7. The fourth-order valence-corrected chi connectivity index (χ4v) is 8.55. The summed E-state index contributed by atoms with van der Waals surface area (Å²) in [4.78, 5) is 49.9. The van der Waals surface area contributed by atoms with Crippen molar-refractivity contribution in [2.24, 2.45) is 14.1 Å². The highest BCUT2D eigenvalue weighted by molar-refractivity contribution is 6.36. The number of nitrogens with one attached hydrogen (secondary N) is 3. The second kappa shape index (κ2) is 12.5. The Bertz CT molecular complexity index is 2370. The van der Waals surface area contributed by atoms with E-state index >= 15 is 0 Å². The summed E-state index contributed by atoms with van der Waals surface area (Å²) < 4.78 is 8.48. The summed E-state index contributed by atoms with van der Waals surface area (Å²) in [7, 11) is 4.77. The van der Waals surface area contributed by atoms with E-state index in [4.69, 9.17) is 21.3 Å². The van der Waals surface area contributed by atoms with Crippen molar-refractivity contribution >= 4 is 40.0 Å². The Morgan fingerprint density at radius 1 is 1.02 bits per heavy atom. The Balaban J connectivity index is 1.12. The fourth-order valence-electron chi connectivity index (χ4n) is 8.23. The third kappa shape index (κ3) is 5.44. The predicted molar refractivity (Wildman–Crippen MR) is 198 cm³/mol. The van der Waals surface area contributed by atoms with Crippen molar-refractivity contribution in [3.05, 3.63) is 97.3 Å². The summed E-state index contributed by atoms with van der Waals surface area (Å²) >= 11 is 7.25. The number of ether oxygens (including phenoxy) is 1. The van der Waals surface area contributed by atoms with Gasteiger partial charge in [-0.2, -0.15) is 0 Å². The number of methoxy groups -OCH3 is 1. The van der Waals surface area contributed by atoms with Gasteiger partial charge in [0.1, 0.15) is 11.2 Å². The molecule has 5 heterocycles. The normalized spacial score (nSPS) is 20.0. The number of benzene rings is 2. The van der Waals surface area contributed by atoms with Gasteiger partial charge in [-0.3, -0.25) is 18.8 Å². The molecule has 262 valence electrons. The monoisotopic (exact) mass is 706 g/mol. The van der Waals surface area contributed by atoms with E-state index in [1.165, 1.54) is 17.2 Å². The first-order chi connectivity index (χ1) is 24.6. The van der Waals surface area contributed by atoms with Crippen LogP contribution in [0.15, 0.2) is 64.3 Å². The van der Waals surface area contributed by atoms with Gasteiger partial charge in [0.05, 0.1) is 28.9 Å². The second-order valence-electron chi connectivity index (χ2n) is 13.8. The van der Waals surface area contributed by atoms with Crippen molar-refractivity contribution in [1.82, 2.24) is 34.6 Å². The number of carbonyl (C=O) groups is 1. The van der Waals surface area contributed by atoms with Crippen molar-refractivity contribution in [2.45, 2.75) is 44.2 Å². The number of amides is 2. The number of rotatable bonds is 6. The van der Waals surface area contributed by atoms with Gasteiger partial charge in [-0.15, -0.1) is 0 Å². The standard InChI is InChI=1S/C38H39ClN8O4/c1-21-23(7-6-10-26(21)42-33-31-28(13-16-40-33)45(2)37(50)46(3)35(31)48)24-8-5-9-25(32(24)39)27-19-22-11-12-29(30(22)34(43-27)51-4)47-18-15-38(20-47)14-17-41-36(49)44-38/h5-10,13,16,19,29H,11-12,14-15,17-18,20H2,1-4H3,(H,40,42)(H2,41,44,49)/t29-,38+/m0/s1. The summed E-state index contributed by atoms with van der Waals surface area (Å²) in [5.41, 5.74) is 6.76. The molecule has 8 rings (SSSR count). The minimum atomic E-state index is -0.420. The molecule has 5 aromatic rings. The zero-order valence-electron chi connectivity index (χ0n) is 29.0. The van der Waals surface area contributed by atoms with Gasteiger partial charge < -0.3 is 20.7 Å². The predicted octanol–water partition coefficient (Wildman–Crippen LogP) is 5.21. The average molecular weight is 707 g/mol. The zero-order chi connectivity index (χ0) is 35.6. The van der Waals surface area contributed by atoms with Gasteiger partial charge in [0.15, 0.2) is 0 Å². The Labute approximate surface area is 299 Å². The third-order valence-electron chi connectivity index (χ3n) is 10.9. The SMILES string of the molecule is COc1nc(-c2cccc(-c3cccc(Nc4nccc5c4c(=O)n(C)c(=O)n5C)c3C)c2Cl)cc2c1[C@@H](N1CC[C@]3(CCNC(=O)N3)C1)CC2. The summed E-state index contributed by atoms with van der Waals surface area (Å²) in [6.45, 7) is 4.40. The van der Waals surface area contributed by atoms with Crippen LogP contribution in [0.2, 0.25) is 5.02 Å². The number of pyridine rings is 2. The van der Waals surface area contributed by atoms with Gasteiger partial charge in [0, 0.05) is 68.3 Å². The lowest BCUT2D eigenvalue weighted by molar-refractivity contribution is 0.187. The highest BCUT2D eigenvalue weighted by Gasteiger charge is 2.45. The number of aromatic nitrogens is 4. The molecule has 2 amide bonds. The van der Waals surface area contributed by atoms with E-state index in [9.17, 15) is 14.4 Å². The molecule has 0 saturated carbocycles. The van der Waals surface area contributed by atoms with Gasteiger partial charge in [-0.05, 0) is 67.5 Å². The molecular weight excluding hydrogens is 668 g/mol. The van der Waals surface area contributed by atoms with Crippen LogP contribution >= 0.6 is 11.6 Å². The molecule has 3 aliphatic rings. The Morgan fingerprint density at radius 3 is 2.61 bits per heavy atom. The lowest BCUT2D eigenvalue weighted by atomic mass is 9.93. The number of hydrogen-bond donors (Lipinski definition) is 3. The number of fused-ring (bicyclic) bond motifs is 2. The molecule has 0 unspecified atom stereocenters. The van der Waals surface area contributed by atoms with E-state index in [1.54, 1.807) is 26.4 Å². The molecule has 0 radical (unpaired) electrons. The molecule has 12 nitrogen and oxygen atoms in total. The molecule has 3 aromatic heterocycles. The minimum Gasteiger partial charge on any atom is -0.481 e. The molecule has 1 spiro atoms. The van der Waals surface area contributed by atoms with Crippen LogP contribution in [0.5, 0.6) is 5.88 Å². The van der Waals surface area contributed by atoms with Crippen LogP contribution in [0.3, 0.4) is 0 Å². The number of aryl methyl sites for hydroxylation is 2. The van der Waals surface area contributed by atoms with Crippen LogP contribution in [0.25, 0.3) is 33.3 Å². The molecular formula is C38H39ClN8O4. The topological polar surface area (TPSA) is 135 Å². The average Bonchev–Trinajstić information content (AvgIpc) is 3.74. The first-order valence-electron chi connectivity index (χ1n) is 17.2. The number of likely N-dealkylation sites (tertiary alicyclic amines) is 1. The molecule has 0 bridgehead atoms. The van der Waals surface area contributed by atoms with E-state index in [0.29, 0.717) is 34.2 Å². The molecule has 3 N–H and O–H groups in total. The van der Waals surface area contributed by atoms with Crippen LogP contribution < -0.4 is 31.9 Å². The van der Waals surface area contributed by atoms with Crippen LogP contribution in [0, 0.1) is 6.92 Å². The van der Waals surface area contributed by atoms with Gasteiger partial charge in [0.2, 0.25) is 5.88 Å². The van der Waals surface area contributed by atoms with E-state index in [0.717, 1.165) is 82.5 Å². The quantitative estimate of drug-likeness (QED) is 0.219. The van der Waals surface area contributed by atoms with E-state index in [-0.39, 0.29) is 17.6 Å². The Hall–Kier alpha value is -5.20. The fraction of sp³-hybridized carbons (Fsp3) is 0.342. The number of nitrogens with zero attached hydrogens (tertiary/aromatic N) is 5. The van der Waals surface area contributed by atoms with E-state index < -0.39 is 11.2 Å². The Kier molecular flexibility index (Phi) is 8.10. The highest BCUT2D eigenvalue weighted by Crippen LogP contribution is 2.46. The Morgan fingerprint density at radius 2 is 1.80 bits per heavy atom. The van der Waals surface area contributed by atoms with Crippen molar-refractivity contribution < 1.29 is 9.53 Å². The summed E-state index contributed by atoms with van der Waals surface area (Å²) in [5.74, 6) is 0.969. The highest BCUT2D eigenvalue weighted by atomic mass is 35.5. The maximum Gasteiger partial charge on any atom is 0.330 e. The molecule has 2 saturated heterocycles. The van der Waals surface area contributed by atoms with Gasteiger partial charge >= 0.3 is 11.7 Å². The smallest absolute Gasteiger partial charge is 0.330 e. The van der Waals surface area contributed by atoms with Crippen molar-refractivity contribution in [1.29, 1.82) is 0 Å². The first kappa shape index (κ1) is 33.0.